The molecule has 0 saturated carbocycles. The van der Waals surface area contributed by atoms with Crippen LogP contribution in [0, 0.1) is 0 Å². The lowest BCUT2D eigenvalue weighted by Gasteiger charge is -2.02. The van der Waals surface area contributed by atoms with Crippen LogP contribution in [0.4, 0.5) is 11.4 Å². The van der Waals surface area contributed by atoms with Crippen LogP contribution in [0.15, 0.2) is 34.9 Å². The van der Waals surface area contributed by atoms with Crippen LogP contribution < -0.4 is 11.5 Å². The van der Waals surface area contributed by atoms with E-state index in [9.17, 15) is 0 Å². The number of benzene rings is 1. The van der Waals surface area contributed by atoms with Crippen LogP contribution in [0.5, 0.6) is 0 Å². The van der Waals surface area contributed by atoms with Gasteiger partial charge in [-0.05, 0) is 35.4 Å². The molecular weight excluding hydrogens is 200 g/mol. The average molecular weight is 209 g/mol. The van der Waals surface area contributed by atoms with Gasteiger partial charge in [-0.3, -0.25) is 0 Å². The van der Waals surface area contributed by atoms with Gasteiger partial charge < -0.3 is 15.9 Å². The van der Waals surface area contributed by atoms with E-state index in [-0.39, 0.29) is 0 Å². The van der Waals surface area contributed by atoms with Crippen LogP contribution in [0.25, 0.3) is 11.1 Å². The van der Waals surface area contributed by atoms with Crippen molar-refractivity contribution in [1.29, 1.82) is 0 Å². The first kappa shape index (κ1) is 8.97. The molecule has 0 aliphatic rings. The fourth-order valence-electron chi connectivity index (χ4n) is 1.24. The van der Waals surface area contributed by atoms with E-state index in [4.69, 9.17) is 27.5 Å². The summed E-state index contributed by atoms with van der Waals surface area (Å²) in [6.45, 7) is 0. The van der Waals surface area contributed by atoms with E-state index < -0.39 is 0 Å². The second-order valence-corrected chi connectivity index (χ2v) is 3.29. The summed E-state index contributed by atoms with van der Waals surface area (Å²) < 4.78 is 4.98. The predicted octanol–water partition coefficient (Wildman–Crippen LogP) is 2.76. The summed E-state index contributed by atoms with van der Waals surface area (Å²) in [4.78, 5) is 0. The minimum Gasteiger partial charge on any atom is -0.452 e. The smallest absolute Gasteiger partial charge is 0.200 e. The second-order valence-electron chi connectivity index (χ2n) is 2.95. The third-order valence-electron chi connectivity index (χ3n) is 2.02. The summed E-state index contributed by atoms with van der Waals surface area (Å²) in [7, 11) is 0. The van der Waals surface area contributed by atoms with E-state index >= 15 is 0 Å². The number of anilines is 2. The maximum Gasteiger partial charge on any atom is 0.200 e. The third-order valence-corrected chi connectivity index (χ3v) is 2.31. The second kappa shape index (κ2) is 3.27. The van der Waals surface area contributed by atoms with Gasteiger partial charge in [-0.15, -0.1) is 0 Å². The molecule has 0 spiro atoms. The van der Waals surface area contributed by atoms with E-state index in [2.05, 4.69) is 0 Å². The molecule has 4 heteroatoms. The minimum atomic E-state index is 0.356. The number of nitrogens with two attached hydrogens (primary N) is 2. The van der Waals surface area contributed by atoms with E-state index in [0.29, 0.717) is 16.6 Å². The SMILES string of the molecule is Nc1ccc(-c2ccoc2Cl)cc1N. The quantitative estimate of drug-likeness (QED) is 0.709. The van der Waals surface area contributed by atoms with E-state index in [1.165, 1.54) is 6.26 Å². The summed E-state index contributed by atoms with van der Waals surface area (Å²) in [6.07, 6.45) is 1.53. The van der Waals surface area contributed by atoms with Crippen molar-refractivity contribution in [1.82, 2.24) is 0 Å². The molecule has 72 valence electrons. The molecule has 0 aliphatic heterocycles. The molecule has 2 rings (SSSR count). The summed E-state index contributed by atoms with van der Waals surface area (Å²) >= 11 is 5.83. The lowest BCUT2D eigenvalue weighted by Crippen LogP contribution is -1.93. The number of nitrogen functional groups attached to an aromatic ring is 2. The zero-order chi connectivity index (χ0) is 10.1. The lowest BCUT2D eigenvalue weighted by atomic mass is 10.1. The van der Waals surface area contributed by atoms with Crippen LogP contribution in [0.2, 0.25) is 5.22 Å². The Morgan fingerprint density at radius 2 is 1.86 bits per heavy atom. The topological polar surface area (TPSA) is 65.2 Å². The highest BCUT2D eigenvalue weighted by atomic mass is 35.5. The van der Waals surface area contributed by atoms with Gasteiger partial charge in [-0.25, -0.2) is 0 Å². The molecular formula is C10H9ClN2O. The third kappa shape index (κ3) is 1.42. The number of furan rings is 1. The highest BCUT2D eigenvalue weighted by Gasteiger charge is 2.06. The molecule has 1 heterocycles. The summed E-state index contributed by atoms with van der Waals surface area (Å²) in [5.41, 5.74) is 14.1. The monoisotopic (exact) mass is 208 g/mol. The number of halogens is 1. The first-order valence-electron chi connectivity index (χ1n) is 4.07. The molecule has 0 unspecified atom stereocenters. The Labute approximate surface area is 86.3 Å². The Balaban J connectivity index is 2.53. The molecule has 0 amide bonds. The van der Waals surface area contributed by atoms with Gasteiger partial charge in [0.15, 0.2) is 0 Å². The van der Waals surface area contributed by atoms with Gasteiger partial charge in [0.05, 0.1) is 17.6 Å². The average Bonchev–Trinajstić information content (AvgIpc) is 2.57. The Morgan fingerprint density at radius 1 is 1.07 bits per heavy atom. The molecule has 0 fully saturated rings. The summed E-state index contributed by atoms with van der Waals surface area (Å²) in [5.74, 6) is 0. The molecule has 0 saturated heterocycles. The van der Waals surface area contributed by atoms with Crippen LogP contribution in [-0.4, -0.2) is 0 Å². The van der Waals surface area contributed by atoms with Crippen LogP contribution in [0.1, 0.15) is 0 Å². The molecule has 14 heavy (non-hydrogen) atoms. The molecule has 0 atom stereocenters. The van der Waals surface area contributed by atoms with Crippen LogP contribution in [-0.2, 0) is 0 Å². The summed E-state index contributed by atoms with van der Waals surface area (Å²) in [6, 6.07) is 7.15. The van der Waals surface area contributed by atoms with Crippen molar-refractivity contribution in [3.05, 3.63) is 35.7 Å². The molecule has 1 aromatic carbocycles. The van der Waals surface area contributed by atoms with Crippen molar-refractivity contribution < 1.29 is 4.42 Å². The Morgan fingerprint density at radius 3 is 2.43 bits per heavy atom. The summed E-state index contributed by atoms with van der Waals surface area (Å²) in [5, 5.41) is 0.356. The molecule has 0 radical (unpaired) electrons. The van der Waals surface area contributed by atoms with Crippen molar-refractivity contribution in [2.45, 2.75) is 0 Å². The van der Waals surface area contributed by atoms with Crippen molar-refractivity contribution in [2.24, 2.45) is 0 Å². The molecule has 0 aliphatic carbocycles. The lowest BCUT2D eigenvalue weighted by molar-refractivity contribution is 0.570. The minimum absolute atomic E-state index is 0.356. The fraction of sp³-hybridized carbons (Fsp3) is 0. The predicted molar refractivity (Wildman–Crippen MR) is 58.0 cm³/mol. The van der Waals surface area contributed by atoms with Gasteiger partial charge in [0.25, 0.3) is 0 Å². The first-order chi connectivity index (χ1) is 6.68. The normalized spacial score (nSPS) is 10.4. The fourth-order valence-corrected chi connectivity index (χ4v) is 1.47. The zero-order valence-electron chi connectivity index (χ0n) is 7.33. The van der Waals surface area contributed by atoms with Gasteiger partial charge in [-0.1, -0.05) is 6.07 Å². The standard InChI is InChI=1S/C10H9ClN2O/c11-10-7(3-4-14-10)6-1-2-8(12)9(13)5-6/h1-5H,12-13H2. The Bertz CT molecular complexity index is 465. The number of hydrogen-bond donors (Lipinski definition) is 2. The van der Waals surface area contributed by atoms with Gasteiger partial charge in [0.2, 0.25) is 5.22 Å². The molecule has 2 aromatic rings. The highest BCUT2D eigenvalue weighted by Crippen LogP contribution is 2.31. The number of rotatable bonds is 1. The van der Waals surface area contributed by atoms with Crippen molar-refractivity contribution in [3.63, 3.8) is 0 Å². The van der Waals surface area contributed by atoms with E-state index in [1.54, 1.807) is 18.2 Å². The van der Waals surface area contributed by atoms with Crippen LogP contribution >= 0.6 is 11.6 Å². The highest BCUT2D eigenvalue weighted by molar-refractivity contribution is 6.31. The van der Waals surface area contributed by atoms with Gasteiger partial charge in [0, 0.05) is 5.56 Å². The Kier molecular flexibility index (Phi) is 2.09. The van der Waals surface area contributed by atoms with E-state index in [1.807, 2.05) is 6.07 Å². The maximum atomic E-state index is 5.83. The van der Waals surface area contributed by atoms with E-state index in [0.717, 1.165) is 11.1 Å². The Hall–Kier alpha value is -1.61. The first-order valence-corrected chi connectivity index (χ1v) is 4.44. The molecule has 0 bridgehead atoms. The van der Waals surface area contributed by atoms with Crippen molar-refractivity contribution in [2.75, 3.05) is 11.5 Å². The van der Waals surface area contributed by atoms with Gasteiger partial charge >= 0.3 is 0 Å². The largest absolute Gasteiger partial charge is 0.452 e. The van der Waals surface area contributed by atoms with Gasteiger partial charge in [0.1, 0.15) is 0 Å². The number of hydrogen-bond acceptors (Lipinski definition) is 3. The molecule has 3 nitrogen and oxygen atoms in total. The van der Waals surface area contributed by atoms with Gasteiger partial charge in [-0.2, -0.15) is 0 Å². The molecule has 1 aromatic heterocycles. The zero-order valence-corrected chi connectivity index (χ0v) is 8.08. The maximum absolute atomic E-state index is 5.83. The van der Waals surface area contributed by atoms with Crippen molar-refractivity contribution >= 4 is 23.0 Å². The van der Waals surface area contributed by atoms with Crippen molar-refractivity contribution in [3.8, 4) is 11.1 Å². The van der Waals surface area contributed by atoms with Crippen LogP contribution in [0.3, 0.4) is 0 Å². The molecule has 4 N–H and O–H groups in total.